The molecule has 1 saturated heterocycles. The Morgan fingerprint density at radius 1 is 1.05 bits per heavy atom. The number of ether oxygens (including phenoxy) is 2. The highest BCUT2D eigenvalue weighted by molar-refractivity contribution is 14.1. The zero-order valence-corrected chi connectivity index (χ0v) is 27.2. The van der Waals surface area contributed by atoms with Gasteiger partial charge < -0.3 is 14.8 Å². The SMILES string of the molecule is CCOc1cc(/C=C2/SC(=S)N(NC(=O)Nc3ccc(Cl)c(Cl)c3)C2=O)cc(I)c1OCc1ccc(Cl)cc1Cl. The summed E-state index contributed by atoms with van der Waals surface area (Å²) in [5.41, 5.74) is 4.31. The van der Waals surface area contributed by atoms with Gasteiger partial charge in [0.1, 0.15) is 6.61 Å². The second-order valence-corrected chi connectivity index (χ2v) is 12.5. The molecule has 3 aromatic carbocycles. The molecule has 1 aliphatic heterocycles. The van der Waals surface area contributed by atoms with Crippen LogP contribution in [0.5, 0.6) is 11.5 Å². The Morgan fingerprint density at radius 3 is 2.52 bits per heavy atom. The second-order valence-electron chi connectivity index (χ2n) is 8.00. The first-order valence-corrected chi connectivity index (χ1v) is 15.2. The third kappa shape index (κ3) is 7.67. The van der Waals surface area contributed by atoms with Crippen molar-refractivity contribution in [2.24, 2.45) is 0 Å². The number of nitrogens with one attached hydrogen (secondary N) is 2. The van der Waals surface area contributed by atoms with Crippen LogP contribution in [0.1, 0.15) is 18.1 Å². The van der Waals surface area contributed by atoms with Crippen molar-refractivity contribution in [1.82, 2.24) is 10.4 Å². The fraction of sp³-hybridized carbons (Fsp3) is 0.115. The summed E-state index contributed by atoms with van der Waals surface area (Å²) in [6.45, 7) is 2.47. The van der Waals surface area contributed by atoms with Crippen LogP contribution in [0.3, 0.4) is 0 Å². The first kappa shape index (κ1) is 31.0. The Balaban J connectivity index is 1.49. The van der Waals surface area contributed by atoms with Gasteiger partial charge in [-0.2, -0.15) is 5.01 Å². The zero-order valence-electron chi connectivity index (χ0n) is 20.4. The standard InChI is InChI=1S/C26H18Cl4IN3O4S2/c1-2-37-21-8-13(7-20(31)23(21)38-12-14-3-4-15(27)10-18(14)29)9-22-24(35)34(26(39)40-22)33-25(36)32-16-5-6-17(28)19(30)11-16/h3-11H,2,12H2,1H3,(H2,32,33,36)/b22-9+. The maximum absolute atomic E-state index is 13.1. The van der Waals surface area contributed by atoms with E-state index in [9.17, 15) is 9.59 Å². The van der Waals surface area contributed by atoms with E-state index in [1.807, 2.05) is 13.0 Å². The van der Waals surface area contributed by atoms with Crippen molar-refractivity contribution in [1.29, 1.82) is 0 Å². The topological polar surface area (TPSA) is 79.9 Å². The van der Waals surface area contributed by atoms with Crippen molar-refractivity contribution >= 4 is 121 Å². The van der Waals surface area contributed by atoms with Crippen molar-refractivity contribution in [2.45, 2.75) is 13.5 Å². The van der Waals surface area contributed by atoms with Gasteiger partial charge in [0.25, 0.3) is 5.91 Å². The summed E-state index contributed by atoms with van der Waals surface area (Å²) in [5.74, 6) is 0.559. The second kappa shape index (κ2) is 13.8. The minimum Gasteiger partial charge on any atom is -0.490 e. The Bertz CT molecular complexity index is 1540. The van der Waals surface area contributed by atoms with Gasteiger partial charge in [-0.1, -0.05) is 64.2 Å². The fourth-order valence-electron chi connectivity index (χ4n) is 3.41. The lowest BCUT2D eigenvalue weighted by Gasteiger charge is -2.16. The molecule has 0 bridgehead atoms. The lowest BCUT2D eigenvalue weighted by molar-refractivity contribution is -0.123. The number of thiocarbonyl (C=S) groups is 1. The molecule has 40 heavy (non-hydrogen) atoms. The summed E-state index contributed by atoms with van der Waals surface area (Å²) in [6.07, 6.45) is 1.67. The molecule has 14 heteroatoms. The smallest absolute Gasteiger partial charge is 0.338 e. The van der Waals surface area contributed by atoms with Crippen LogP contribution in [0.4, 0.5) is 10.5 Å². The van der Waals surface area contributed by atoms with Gasteiger partial charge in [-0.15, -0.1) is 0 Å². The Morgan fingerprint density at radius 2 is 1.82 bits per heavy atom. The van der Waals surface area contributed by atoms with Crippen molar-refractivity contribution in [3.05, 3.63) is 88.2 Å². The number of rotatable bonds is 8. The number of carbonyl (C=O) groups is 2. The zero-order chi connectivity index (χ0) is 29.0. The van der Waals surface area contributed by atoms with E-state index >= 15 is 0 Å². The molecule has 3 amide bonds. The maximum Gasteiger partial charge on any atom is 0.338 e. The normalized spacial score (nSPS) is 14.1. The summed E-state index contributed by atoms with van der Waals surface area (Å²) in [6, 6.07) is 12.7. The number of halogens is 5. The highest BCUT2D eigenvalue weighted by Crippen LogP contribution is 2.38. The van der Waals surface area contributed by atoms with E-state index in [0.717, 1.165) is 25.9 Å². The van der Waals surface area contributed by atoms with E-state index in [1.54, 1.807) is 42.5 Å². The molecule has 0 aliphatic carbocycles. The van der Waals surface area contributed by atoms with Crippen LogP contribution in [-0.4, -0.2) is 27.9 Å². The van der Waals surface area contributed by atoms with Crippen LogP contribution in [0.25, 0.3) is 6.08 Å². The molecule has 208 valence electrons. The van der Waals surface area contributed by atoms with E-state index in [4.69, 9.17) is 68.1 Å². The Labute approximate surface area is 273 Å². The minimum absolute atomic E-state index is 0.167. The first-order valence-electron chi connectivity index (χ1n) is 11.4. The molecule has 0 spiro atoms. The summed E-state index contributed by atoms with van der Waals surface area (Å²) < 4.78 is 12.8. The van der Waals surface area contributed by atoms with Crippen LogP contribution >= 0.6 is 93.0 Å². The summed E-state index contributed by atoms with van der Waals surface area (Å²) in [5, 5.41) is 5.25. The monoisotopic (exact) mass is 767 g/mol. The van der Waals surface area contributed by atoms with Crippen LogP contribution < -0.4 is 20.2 Å². The van der Waals surface area contributed by atoms with Crippen molar-refractivity contribution in [3.8, 4) is 11.5 Å². The molecular formula is C26H18Cl4IN3O4S2. The van der Waals surface area contributed by atoms with E-state index in [-0.39, 0.29) is 16.0 Å². The summed E-state index contributed by atoms with van der Waals surface area (Å²) in [4.78, 5) is 25.9. The highest BCUT2D eigenvalue weighted by atomic mass is 127. The molecule has 4 rings (SSSR count). The lowest BCUT2D eigenvalue weighted by Crippen LogP contribution is -2.46. The molecule has 0 radical (unpaired) electrons. The van der Waals surface area contributed by atoms with E-state index < -0.39 is 11.9 Å². The lowest BCUT2D eigenvalue weighted by atomic mass is 10.1. The molecule has 0 unspecified atom stereocenters. The summed E-state index contributed by atoms with van der Waals surface area (Å²) in [7, 11) is 0. The average molecular weight is 769 g/mol. The number of hydrogen-bond donors (Lipinski definition) is 2. The van der Waals surface area contributed by atoms with Crippen molar-refractivity contribution < 1.29 is 19.1 Å². The van der Waals surface area contributed by atoms with Crippen LogP contribution in [0.2, 0.25) is 20.1 Å². The molecule has 3 aromatic rings. The van der Waals surface area contributed by atoms with Crippen LogP contribution in [-0.2, 0) is 11.4 Å². The van der Waals surface area contributed by atoms with Crippen LogP contribution in [0.15, 0.2) is 53.4 Å². The number of anilines is 1. The van der Waals surface area contributed by atoms with Gasteiger partial charge in [-0.25, -0.2) is 10.2 Å². The molecular weight excluding hydrogens is 751 g/mol. The predicted molar refractivity (Wildman–Crippen MR) is 175 cm³/mol. The molecule has 1 fully saturated rings. The van der Waals surface area contributed by atoms with E-state index in [2.05, 4.69) is 33.3 Å². The van der Waals surface area contributed by atoms with Gasteiger partial charge in [0.15, 0.2) is 15.8 Å². The number of benzene rings is 3. The van der Waals surface area contributed by atoms with Gasteiger partial charge in [0, 0.05) is 21.3 Å². The number of carbonyl (C=O) groups excluding carboxylic acids is 2. The molecule has 0 aromatic heterocycles. The maximum atomic E-state index is 13.1. The van der Waals surface area contributed by atoms with Gasteiger partial charge in [0.2, 0.25) is 0 Å². The number of hydrogen-bond acceptors (Lipinski definition) is 6. The number of urea groups is 1. The van der Waals surface area contributed by atoms with Gasteiger partial charge in [-0.05, 0) is 95.8 Å². The number of thioether (sulfide) groups is 1. The molecule has 1 heterocycles. The first-order chi connectivity index (χ1) is 19.0. The molecule has 0 saturated carbocycles. The Hall–Kier alpha value is -1.93. The summed E-state index contributed by atoms with van der Waals surface area (Å²) >= 11 is 32.7. The fourth-order valence-corrected chi connectivity index (χ4v) is 6.13. The third-order valence-corrected chi connectivity index (χ3v) is 8.63. The van der Waals surface area contributed by atoms with Crippen molar-refractivity contribution in [3.63, 3.8) is 0 Å². The van der Waals surface area contributed by atoms with Gasteiger partial charge >= 0.3 is 6.03 Å². The van der Waals surface area contributed by atoms with E-state index in [1.165, 1.54) is 6.07 Å². The van der Waals surface area contributed by atoms with Crippen molar-refractivity contribution in [2.75, 3.05) is 11.9 Å². The number of nitrogens with zero attached hydrogens (tertiary/aromatic N) is 1. The largest absolute Gasteiger partial charge is 0.490 e. The van der Waals surface area contributed by atoms with Crippen LogP contribution in [0, 0.1) is 3.57 Å². The molecule has 0 atom stereocenters. The third-order valence-electron chi connectivity index (χ3n) is 5.20. The quantitative estimate of drug-likeness (QED) is 0.136. The molecule has 2 N–H and O–H groups in total. The minimum atomic E-state index is -0.675. The van der Waals surface area contributed by atoms with E-state index in [0.29, 0.717) is 49.3 Å². The molecule has 1 aliphatic rings. The Kier molecular flexibility index (Phi) is 10.7. The van der Waals surface area contributed by atoms with Gasteiger partial charge in [0.05, 0.1) is 25.1 Å². The number of hydrazine groups is 1. The predicted octanol–water partition coefficient (Wildman–Crippen LogP) is 8.82. The average Bonchev–Trinajstić information content (AvgIpc) is 3.14. The van der Waals surface area contributed by atoms with Gasteiger partial charge in [-0.3, -0.25) is 4.79 Å². The number of amides is 3. The highest BCUT2D eigenvalue weighted by Gasteiger charge is 2.34. The molecule has 7 nitrogen and oxygen atoms in total.